The molecule has 22 heavy (non-hydrogen) atoms. The highest BCUT2D eigenvalue weighted by molar-refractivity contribution is 6.06. The minimum absolute atomic E-state index is 0.0473. The molecule has 1 aromatic heterocycles. The third-order valence-electron chi connectivity index (χ3n) is 3.47. The summed E-state index contributed by atoms with van der Waals surface area (Å²) in [6, 6.07) is 12.4. The highest BCUT2D eigenvalue weighted by Gasteiger charge is 2.12. The van der Waals surface area contributed by atoms with Gasteiger partial charge in [0.05, 0.1) is 12.8 Å². The van der Waals surface area contributed by atoms with Crippen LogP contribution in [0.1, 0.15) is 16.1 Å². The maximum atomic E-state index is 12.3. The van der Waals surface area contributed by atoms with Gasteiger partial charge in [0.15, 0.2) is 0 Å². The number of hydrogen-bond acceptors (Lipinski definition) is 3. The summed E-state index contributed by atoms with van der Waals surface area (Å²) in [6.07, 6.45) is 0. The number of H-pyrrole nitrogens is 1. The molecule has 2 aromatic carbocycles. The molecule has 5 nitrogen and oxygen atoms in total. The van der Waals surface area contributed by atoms with E-state index in [2.05, 4.69) is 10.3 Å². The van der Waals surface area contributed by atoms with Crippen molar-refractivity contribution in [1.29, 1.82) is 0 Å². The van der Waals surface area contributed by atoms with Crippen molar-refractivity contribution in [3.05, 3.63) is 53.7 Å². The van der Waals surface area contributed by atoms with E-state index in [1.807, 2.05) is 31.2 Å². The van der Waals surface area contributed by atoms with Gasteiger partial charge in [-0.05, 0) is 48.9 Å². The second-order valence-electron chi connectivity index (χ2n) is 5.11. The number of hydrogen-bond donors (Lipinski definition) is 3. The average Bonchev–Trinajstić information content (AvgIpc) is 2.93. The van der Waals surface area contributed by atoms with Crippen molar-refractivity contribution in [2.45, 2.75) is 6.92 Å². The Morgan fingerprint density at radius 1 is 1.18 bits per heavy atom. The summed E-state index contributed by atoms with van der Waals surface area (Å²) in [5, 5.41) is 13.4. The fraction of sp³-hybridized carbons (Fsp3) is 0.118. The third-order valence-corrected chi connectivity index (χ3v) is 3.47. The number of rotatable bonds is 3. The van der Waals surface area contributed by atoms with E-state index < -0.39 is 0 Å². The minimum atomic E-state index is -0.311. The van der Waals surface area contributed by atoms with Gasteiger partial charge in [0, 0.05) is 10.9 Å². The van der Waals surface area contributed by atoms with Crippen LogP contribution in [0.3, 0.4) is 0 Å². The van der Waals surface area contributed by atoms with Crippen LogP contribution in [0, 0.1) is 6.92 Å². The molecule has 0 saturated heterocycles. The number of nitrogens with one attached hydrogen (secondary N) is 2. The lowest BCUT2D eigenvalue weighted by molar-refractivity contribution is 0.102. The molecule has 5 heteroatoms. The van der Waals surface area contributed by atoms with E-state index in [1.54, 1.807) is 25.3 Å². The van der Waals surface area contributed by atoms with Gasteiger partial charge in [-0.3, -0.25) is 4.79 Å². The number of phenols is 1. The van der Waals surface area contributed by atoms with Gasteiger partial charge in [-0.2, -0.15) is 0 Å². The Bertz CT molecular complexity index is 852. The fourth-order valence-electron chi connectivity index (χ4n) is 2.30. The molecule has 3 rings (SSSR count). The molecule has 0 radical (unpaired) electrons. The van der Waals surface area contributed by atoms with Gasteiger partial charge in [0.2, 0.25) is 0 Å². The van der Waals surface area contributed by atoms with Crippen molar-refractivity contribution < 1.29 is 14.6 Å². The van der Waals surface area contributed by atoms with E-state index in [4.69, 9.17) is 4.74 Å². The van der Waals surface area contributed by atoms with Crippen LogP contribution in [0.4, 0.5) is 5.69 Å². The van der Waals surface area contributed by atoms with Gasteiger partial charge in [-0.25, -0.2) is 0 Å². The maximum Gasteiger partial charge on any atom is 0.272 e. The molecule has 0 atom stereocenters. The molecular formula is C17H16N2O3. The molecule has 0 unspecified atom stereocenters. The number of benzene rings is 2. The lowest BCUT2D eigenvalue weighted by Crippen LogP contribution is -2.12. The summed E-state index contributed by atoms with van der Waals surface area (Å²) in [5.41, 5.74) is 2.57. The quantitative estimate of drug-likeness (QED) is 0.648. The number of aromatic nitrogens is 1. The first-order valence-corrected chi connectivity index (χ1v) is 6.84. The predicted molar refractivity (Wildman–Crippen MR) is 85.6 cm³/mol. The van der Waals surface area contributed by atoms with Gasteiger partial charge in [0.25, 0.3) is 5.91 Å². The Hall–Kier alpha value is -2.95. The van der Waals surface area contributed by atoms with E-state index in [9.17, 15) is 9.90 Å². The molecule has 0 spiro atoms. The van der Waals surface area contributed by atoms with Gasteiger partial charge in [-0.15, -0.1) is 0 Å². The van der Waals surface area contributed by atoms with Crippen molar-refractivity contribution >= 4 is 22.5 Å². The van der Waals surface area contributed by atoms with E-state index >= 15 is 0 Å². The number of carbonyl (C=O) groups is 1. The number of ether oxygens (including phenoxy) is 1. The van der Waals surface area contributed by atoms with Crippen molar-refractivity contribution in [1.82, 2.24) is 4.98 Å². The molecule has 1 amide bonds. The summed E-state index contributed by atoms with van der Waals surface area (Å²) in [6.45, 7) is 1.87. The first-order chi connectivity index (χ1) is 10.6. The molecule has 3 aromatic rings. The summed E-state index contributed by atoms with van der Waals surface area (Å²) in [7, 11) is 1.60. The fourth-order valence-corrected chi connectivity index (χ4v) is 2.30. The molecule has 3 N–H and O–H groups in total. The van der Waals surface area contributed by atoms with Crippen LogP contribution in [0.25, 0.3) is 10.9 Å². The number of carbonyl (C=O) groups excluding carboxylic acids is 1. The SMILES string of the molecule is COc1ccc2[nH]c(C(=O)Nc3ccc(C)cc3O)cc2c1. The molecule has 1 heterocycles. The number of aromatic hydroxyl groups is 1. The van der Waals surface area contributed by atoms with Crippen LogP contribution >= 0.6 is 0 Å². The lowest BCUT2D eigenvalue weighted by Gasteiger charge is -2.06. The number of amides is 1. The zero-order chi connectivity index (χ0) is 15.7. The third kappa shape index (κ3) is 2.61. The largest absolute Gasteiger partial charge is 0.506 e. The molecule has 0 fully saturated rings. The highest BCUT2D eigenvalue weighted by atomic mass is 16.5. The number of aromatic amines is 1. The minimum Gasteiger partial charge on any atom is -0.506 e. The molecule has 112 valence electrons. The molecule has 0 aliphatic rings. The second kappa shape index (κ2) is 5.44. The average molecular weight is 296 g/mol. The topological polar surface area (TPSA) is 74.4 Å². The van der Waals surface area contributed by atoms with Crippen molar-refractivity contribution in [3.63, 3.8) is 0 Å². The molecular weight excluding hydrogens is 280 g/mol. The van der Waals surface area contributed by atoms with E-state index in [0.29, 0.717) is 11.4 Å². The van der Waals surface area contributed by atoms with Crippen molar-refractivity contribution in [2.24, 2.45) is 0 Å². The van der Waals surface area contributed by atoms with Crippen molar-refractivity contribution in [3.8, 4) is 11.5 Å². The van der Waals surface area contributed by atoms with E-state index in [0.717, 1.165) is 22.2 Å². The van der Waals surface area contributed by atoms with Crippen LogP contribution in [-0.4, -0.2) is 23.1 Å². The molecule has 0 saturated carbocycles. The normalized spacial score (nSPS) is 10.6. The predicted octanol–water partition coefficient (Wildman–Crippen LogP) is 3.44. The summed E-state index contributed by atoms with van der Waals surface area (Å²) < 4.78 is 5.17. The zero-order valence-electron chi connectivity index (χ0n) is 12.3. The number of methoxy groups -OCH3 is 1. The van der Waals surface area contributed by atoms with Crippen LogP contribution in [0.2, 0.25) is 0 Å². The number of aryl methyl sites for hydroxylation is 1. The zero-order valence-corrected chi connectivity index (χ0v) is 12.3. The Labute approximate surface area is 127 Å². The van der Waals surface area contributed by atoms with E-state index in [-0.39, 0.29) is 11.7 Å². The molecule has 0 bridgehead atoms. The molecule has 0 aliphatic carbocycles. The first-order valence-electron chi connectivity index (χ1n) is 6.84. The van der Waals surface area contributed by atoms with Crippen molar-refractivity contribution in [2.75, 3.05) is 12.4 Å². The molecule has 0 aliphatic heterocycles. The van der Waals surface area contributed by atoms with Gasteiger partial charge >= 0.3 is 0 Å². The number of anilines is 1. The standard InChI is InChI=1S/C17H16N2O3/c1-10-3-5-14(16(20)7-10)19-17(21)15-9-11-8-12(22-2)4-6-13(11)18-15/h3-9,18,20H,1-2H3,(H,19,21). The lowest BCUT2D eigenvalue weighted by atomic mass is 10.2. The van der Waals surface area contributed by atoms with Crippen LogP contribution in [0.15, 0.2) is 42.5 Å². The van der Waals surface area contributed by atoms with Gasteiger partial charge in [0.1, 0.15) is 17.2 Å². The van der Waals surface area contributed by atoms with Gasteiger partial charge in [-0.1, -0.05) is 6.07 Å². The second-order valence-corrected chi connectivity index (χ2v) is 5.11. The van der Waals surface area contributed by atoms with Crippen LogP contribution < -0.4 is 10.1 Å². The van der Waals surface area contributed by atoms with E-state index in [1.165, 1.54) is 0 Å². The highest BCUT2D eigenvalue weighted by Crippen LogP contribution is 2.25. The first kappa shape index (κ1) is 14.0. The Kier molecular flexibility index (Phi) is 3.47. The Morgan fingerprint density at radius 2 is 2.00 bits per heavy atom. The number of phenolic OH excluding ortho intramolecular Hbond substituents is 1. The van der Waals surface area contributed by atoms with Gasteiger partial charge < -0.3 is 20.1 Å². The summed E-state index contributed by atoms with van der Waals surface area (Å²) >= 11 is 0. The monoisotopic (exact) mass is 296 g/mol. The number of fused-ring (bicyclic) bond motifs is 1. The smallest absolute Gasteiger partial charge is 0.272 e. The Balaban J connectivity index is 1.88. The maximum absolute atomic E-state index is 12.3. The van der Waals surface area contributed by atoms with Crippen LogP contribution in [-0.2, 0) is 0 Å². The summed E-state index contributed by atoms with van der Waals surface area (Å²) in [5.74, 6) is 0.468. The van der Waals surface area contributed by atoms with Crippen LogP contribution in [0.5, 0.6) is 11.5 Å². The summed E-state index contributed by atoms with van der Waals surface area (Å²) in [4.78, 5) is 15.3. The Morgan fingerprint density at radius 3 is 2.73 bits per heavy atom.